The van der Waals surface area contributed by atoms with Crippen LogP contribution in [0, 0.1) is 0 Å². The number of anilines is 1. The molecule has 1 saturated heterocycles. The smallest absolute Gasteiger partial charge is 0.225 e. The van der Waals surface area contributed by atoms with Crippen molar-refractivity contribution in [2.75, 3.05) is 58.3 Å². The largest absolute Gasteiger partial charge is 0.357 e. The van der Waals surface area contributed by atoms with Gasteiger partial charge < -0.3 is 20.0 Å². The Morgan fingerprint density at radius 2 is 1.73 bits per heavy atom. The number of nitrogens with zero attached hydrogens (tertiary/aromatic N) is 6. The molecule has 2 heterocycles. The fourth-order valence-corrected chi connectivity index (χ4v) is 3.49. The molecule has 0 saturated carbocycles. The van der Waals surface area contributed by atoms with E-state index in [0.29, 0.717) is 6.04 Å². The summed E-state index contributed by atoms with van der Waals surface area (Å²) >= 11 is 0. The summed E-state index contributed by atoms with van der Waals surface area (Å²) in [6.07, 6.45) is 4.60. The lowest BCUT2D eigenvalue weighted by atomic mass is 10.1. The number of piperazine rings is 1. The summed E-state index contributed by atoms with van der Waals surface area (Å²) in [7, 11) is 4.27. The summed E-state index contributed by atoms with van der Waals surface area (Å²) in [6.45, 7) is 7.38. The van der Waals surface area contributed by atoms with Gasteiger partial charge in [-0.15, -0.1) is 24.0 Å². The Labute approximate surface area is 197 Å². The normalized spacial score (nSPS) is 15.7. The highest BCUT2D eigenvalue weighted by Crippen LogP contribution is 2.11. The molecule has 0 amide bonds. The number of hydrogen-bond donors (Lipinski definition) is 1. The molecule has 1 aliphatic heterocycles. The Morgan fingerprint density at radius 1 is 1.07 bits per heavy atom. The lowest BCUT2D eigenvalue weighted by molar-refractivity contribution is 0.295. The Kier molecular flexibility index (Phi) is 10.3. The van der Waals surface area contributed by atoms with Crippen LogP contribution in [0.1, 0.15) is 12.5 Å². The maximum Gasteiger partial charge on any atom is 0.225 e. The molecule has 1 aliphatic rings. The second-order valence-electron chi connectivity index (χ2n) is 7.52. The maximum absolute atomic E-state index is 4.99. The lowest BCUT2D eigenvalue weighted by Crippen LogP contribution is -2.53. The molecule has 3 rings (SSSR count). The second-order valence-corrected chi connectivity index (χ2v) is 7.52. The highest BCUT2D eigenvalue weighted by Gasteiger charge is 2.21. The molecule has 164 valence electrons. The van der Waals surface area contributed by atoms with Gasteiger partial charge in [-0.1, -0.05) is 30.3 Å². The van der Waals surface area contributed by atoms with E-state index < -0.39 is 0 Å². The van der Waals surface area contributed by atoms with Gasteiger partial charge in [0.15, 0.2) is 5.96 Å². The number of hydrogen-bond acceptors (Lipinski definition) is 5. The number of aliphatic imine (C=N–C) groups is 1. The van der Waals surface area contributed by atoms with Crippen LogP contribution >= 0.6 is 24.0 Å². The van der Waals surface area contributed by atoms with E-state index in [1.165, 1.54) is 5.56 Å². The molecule has 1 aromatic carbocycles. The molecular formula is C22H34IN7. The summed E-state index contributed by atoms with van der Waals surface area (Å²) in [6, 6.07) is 12.9. The van der Waals surface area contributed by atoms with E-state index in [4.69, 9.17) is 4.99 Å². The number of aromatic nitrogens is 2. The third-order valence-electron chi connectivity index (χ3n) is 5.25. The fourth-order valence-electron chi connectivity index (χ4n) is 3.49. The molecule has 0 spiro atoms. The van der Waals surface area contributed by atoms with Crippen LogP contribution < -0.4 is 10.2 Å². The van der Waals surface area contributed by atoms with Crippen molar-refractivity contribution in [2.45, 2.75) is 19.4 Å². The summed E-state index contributed by atoms with van der Waals surface area (Å²) in [5.41, 5.74) is 1.35. The van der Waals surface area contributed by atoms with Crippen molar-refractivity contribution in [1.29, 1.82) is 0 Å². The Morgan fingerprint density at radius 3 is 2.33 bits per heavy atom. The first-order valence-corrected chi connectivity index (χ1v) is 10.4. The van der Waals surface area contributed by atoms with Crippen LogP contribution in [0.2, 0.25) is 0 Å². The number of halogens is 1. The molecule has 2 aromatic rings. The van der Waals surface area contributed by atoms with Gasteiger partial charge in [0.2, 0.25) is 5.95 Å². The van der Waals surface area contributed by atoms with E-state index in [1.807, 2.05) is 6.07 Å². The van der Waals surface area contributed by atoms with Gasteiger partial charge in [-0.25, -0.2) is 9.97 Å². The molecule has 1 unspecified atom stereocenters. The van der Waals surface area contributed by atoms with Gasteiger partial charge >= 0.3 is 0 Å². The van der Waals surface area contributed by atoms with Crippen molar-refractivity contribution >= 4 is 35.9 Å². The predicted octanol–water partition coefficient (Wildman–Crippen LogP) is 2.36. The summed E-state index contributed by atoms with van der Waals surface area (Å²) in [5.74, 6) is 1.81. The van der Waals surface area contributed by atoms with Gasteiger partial charge in [-0.05, 0) is 39.1 Å². The molecular weight excluding hydrogens is 489 g/mol. The minimum absolute atomic E-state index is 0. The number of guanidine groups is 1. The van der Waals surface area contributed by atoms with Crippen LogP contribution in [0.4, 0.5) is 5.95 Å². The SMILES string of the molecule is CCNC(=NCC(Cc1ccccc1)N(C)C)N1CCN(c2ncccn2)CC1.I. The highest BCUT2D eigenvalue weighted by atomic mass is 127. The molecule has 0 radical (unpaired) electrons. The predicted molar refractivity (Wildman–Crippen MR) is 135 cm³/mol. The Balaban J connectivity index is 0.00000320. The quantitative estimate of drug-likeness (QED) is 0.342. The molecule has 1 atom stereocenters. The van der Waals surface area contributed by atoms with E-state index in [2.05, 4.69) is 81.3 Å². The number of likely N-dealkylation sites (N-methyl/N-ethyl adjacent to an activating group) is 1. The van der Waals surface area contributed by atoms with Crippen molar-refractivity contribution in [3.05, 3.63) is 54.4 Å². The number of benzene rings is 1. The van der Waals surface area contributed by atoms with Gasteiger partial charge in [0.05, 0.1) is 6.54 Å². The van der Waals surface area contributed by atoms with E-state index >= 15 is 0 Å². The minimum atomic E-state index is 0. The van der Waals surface area contributed by atoms with Crippen molar-refractivity contribution < 1.29 is 0 Å². The van der Waals surface area contributed by atoms with E-state index in [9.17, 15) is 0 Å². The van der Waals surface area contributed by atoms with Crippen molar-refractivity contribution in [3.63, 3.8) is 0 Å². The summed E-state index contributed by atoms with van der Waals surface area (Å²) < 4.78 is 0. The minimum Gasteiger partial charge on any atom is -0.357 e. The zero-order valence-corrected chi connectivity index (χ0v) is 20.6. The van der Waals surface area contributed by atoms with E-state index in [1.54, 1.807) is 12.4 Å². The van der Waals surface area contributed by atoms with Gasteiger partial charge in [0.25, 0.3) is 0 Å². The van der Waals surface area contributed by atoms with Crippen molar-refractivity contribution in [3.8, 4) is 0 Å². The summed E-state index contributed by atoms with van der Waals surface area (Å²) in [4.78, 5) is 20.6. The third-order valence-corrected chi connectivity index (χ3v) is 5.25. The number of rotatable bonds is 7. The number of nitrogens with one attached hydrogen (secondary N) is 1. The summed E-state index contributed by atoms with van der Waals surface area (Å²) in [5, 5.41) is 3.47. The molecule has 8 heteroatoms. The van der Waals surface area contributed by atoms with Crippen LogP contribution in [0.25, 0.3) is 0 Å². The van der Waals surface area contributed by atoms with Gasteiger partial charge in [-0.2, -0.15) is 0 Å². The zero-order chi connectivity index (χ0) is 20.5. The topological polar surface area (TPSA) is 59.9 Å². The molecule has 7 nitrogen and oxygen atoms in total. The molecule has 1 N–H and O–H groups in total. The molecule has 1 aromatic heterocycles. The first-order valence-electron chi connectivity index (χ1n) is 10.4. The Bertz CT molecular complexity index is 747. The van der Waals surface area contributed by atoms with Gasteiger partial charge in [-0.3, -0.25) is 4.99 Å². The first kappa shape index (κ1) is 24.3. The molecule has 0 aliphatic carbocycles. The van der Waals surface area contributed by atoms with Crippen LogP contribution in [0.15, 0.2) is 53.8 Å². The molecule has 1 fully saturated rings. The highest BCUT2D eigenvalue weighted by molar-refractivity contribution is 14.0. The van der Waals surface area contributed by atoms with Gasteiger partial charge in [0, 0.05) is 51.2 Å². The molecule has 30 heavy (non-hydrogen) atoms. The first-order chi connectivity index (χ1) is 14.2. The Hall–Kier alpha value is -1.94. The maximum atomic E-state index is 4.99. The average Bonchev–Trinajstić information content (AvgIpc) is 2.77. The van der Waals surface area contributed by atoms with Crippen LogP contribution in [0.3, 0.4) is 0 Å². The molecule has 0 bridgehead atoms. The average molecular weight is 523 g/mol. The van der Waals surface area contributed by atoms with Gasteiger partial charge in [0.1, 0.15) is 0 Å². The van der Waals surface area contributed by atoms with Crippen LogP contribution in [0.5, 0.6) is 0 Å². The van der Waals surface area contributed by atoms with E-state index in [-0.39, 0.29) is 24.0 Å². The van der Waals surface area contributed by atoms with E-state index in [0.717, 1.165) is 57.6 Å². The second kappa shape index (κ2) is 12.7. The standard InChI is InChI=1S/C22H33N7.HI/c1-4-23-21(26-18-20(27(2)3)17-19-9-6-5-7-10-19)28-13-15-29(16-14-28)22-24-11-8-12-25-22;/h5-12,20H,4,13-18H2,1-3H3,(H,23,26);1H. The lowest BCUT2D eigenvalue weighted by Gasteiger charge is -2.36. The third kappa shape index (κ3) is 7.09. The van der Waals surface area contributed by atoms with Crippen molar-refractivity contribution in [2.24, 2.45) is 4.99 Å². The van der Waals surface area contributed by atoms with Crippen LogP contribution in [-0.4, -0.2) is 85.1 Å². The monoisotopic (exact) mass is 523 g/mol. The fraction of sp³-hybridized carbons (Fsp3) is 0.500. The van der Waals surface area contributed by atoms with Crippen molar-refractivity contribution in [1.82, 2.24) is 25.1 Å². The zero-order valence-electron chi connectivity index (χ0n) is 18.2. The van der Waals surface area contributed by atoms with Crippen LogP contribution in [-0.2, 0) is 6.42 Å².